The number of aryl methyl sites for hydroxylation is 4. The van der Waals surface area contributed by atoms with Gasteiger partial charge in [0.1, 0.15) is 5.82 Å². The van der Waals surface area contributed by atoms with Crippen molar-refractivity contribution in [3.63, 3.8) is 0 Å². The molecule has 148 valence electrons. The fourth-order valence-corrected chi connectivity index (χ4v) is 3.85. The van der Waals surface area contributed by atoms with Crippen molar-refractivity contribution < 1.29 is 9.47 Å². The Morgan fingerprint density at radius 2 is 1.66 bits per heavy atom. The van der Waals surface area contributed by atoms with Crippen molar-refractivity contribution in [1.29, 1.82) is 0 Å². The first-order valence-corrected chi connectivity index (χ1v) is 9.84. The van der Waals surface area contributed by atoms with Crippen LogP contribution >= 0.6 is 0 Å². The highest BCUT2D eigenvalue weighted by Gasteiger charge is 2.15. The number of hydrogen-bond donors (Lipinski definition) is 0. The van der Waals surface area contributed by atoms with Gasteiger partial charge in [-0.15, -0.1) is 0 Å². The molecule has 0 bridgehead atoms. The molecule has 0 fully saturated rings. The molecule has 0 saturated heterocycles. The molecule has 0 saturated carbocycles. The summed E-state index contributed by atoms with van der Waals surface area (Å²) in [6.45, 7) is 5.11. The molecule has 3 aromatic carbocycles. The van der Waals surface area contributed by atoms with Crippen LogP contribution in [0.3, 0.4) is 0 Å². The Kier molecular flexibility index (Phi) is 5.26. The minimum Gasteiger partial charge on any atom is -0.493 e. The van der Waals surface area contributed by atoms with Crippen molar-refractivity contribution in [2.45, 2.75) is 26.8 Å². The zero-order valence-electron chi connectivity index (χ0n) is 17.4. The van der Waals surface area contributed by atoms with Gasteiger partial charge in [-0.2, -0.15) is 0 Å². The summed E-state index contributed by atoms with van der Waals surface area (Å²) in [7, 11) is 3.33. The van der Waals surface area contributed by atoms with Gasteiger partial charge in [0, 0.05) is 12.1 Å². The Bertz CT molecular complexity index is 1160. The lowest BCUT2D eigenvalue weighted by atomic mass is 10.0. The Morgan fingerprint density at radius 3 is 2.41 bits per heavy atom. The van der Waals surface area contributed by atoms with Gasteiger partial charge >= 0.3 is 0 Å². The van der Waals surface area contributed by atoms with Crippen molar-refractivity contribution in [2.24, 2.45) is 0 Å². The van der Waals surface area contributed by atoms with Crippen LogP contribution in [0.2, 0.25) is 0 Å². The molecule has 0 radical (unpaired) electrons. The van der Waals surface area contributed by atoms with E-state index >= 15 is 0 Å². The van der Waals surface area contributed by atoms with Gasteiger partial charge < -0.3 is 14.0 Å². The van der Waals surface area contributed by atoms with E-state index in [0.717, 1.165) is 41.3 Å². The van der Waals surface area contributed by atoms with E-state index in [-0.39, 0.29) is 0 Å². The van der Waals surface area contributed by atoms with Crippen LogP contribution in [0.1, 0.15) is 16.7 Å². The molecule has 4 aromatic rings. The van der Waals surface area contributed by atoms with E-state index in [1.54, 1.807) is 14.2 Å². The minimum absolute atomic E-state index is 0.750. The van der Waals surface area contributed by atoms with Gasteiger partial charge in [-0.25, -0.2) is 4.98 Å². The third-order valence-corrected chi connectivity index (χ3v) is 5.35. The SMILES string of the molecule is COc1ccc(CCn2c(-c3ccc(C)cc3C)nc3ccccc32)cc1OC. The van der Waals surface area contributed by atoms with E-state index in [2.05, 4.69) is 66.9 Å². The van der Waals surface area contributed by atoms with Gasteiger partial charge in [-0.05, 0) is 55.7 Å². The van der Waals surface area contributed by atoms with Crippen LogP contribution < -0.4 is 9.47 Å². The van der Waals surface area contributed by atoms with Crippen LogP contribution in [0.25, 0.3) is 22.4 Å². The molecule has 1 heterocycles. The van der Waals surface area contributed by atoms with Gasteiger partial charge in [0.25, 0.3) is 0 Å². The van der Waals surface area contributed by atoms with Gasteiger partial charge in [-0.1, -0.05) is 42.0 Å². The number of ether oxygens (including phenoxy) is 2. The molecule has 0 unspecified atom stereocenters. The molecule has 0 amide bonds. The second-order valence-electron chi connectivity index (χ2n) is 7.33. The lowest BCUT2D eigenvalue weighted by molar-refractivity contribution is 0.354. The van der Waals surface area contributed by atoms with E-state index in [9.17, 15) is 0 Å². The average molecular weight is 386 g/mol. The Morgan fingerprint density at radius 1 is 0.862 bits per heavy atom. The lowest BCUT2D eigenvalue weighted by Gasteiger charge is -2.13. The molecule has 0 N–H and O–H groups in total. The number of aromatic nitrogens is 2. The molecule has 29 heavy (non-hydrogen) atoms. The Hall–Kier alpha value is -3.27. The van der Waals surface area contributed by atoms with Gasteiger partial charge in [0.05, 0.1) is 25.3 Å². The number of rotatable bonds is 6. The summed E-state index contributed by atoms with van der Waals surface area (Å²) < 4.78 is 13.1. The first kappa shape index (κ1) is 19.1. The van der Waals surface area contributed by atoms with Gasteiger partial charge in [0.15, 0.2) is 11.5 Å². The summed E-state index contributed by atoms with van der Waals surface area (Å²) in [6, 6.07) is 21.0. The maximum Gasteiger partial charge on any atom is 0.160 e. The zero-order valence-corrected chi connectivity index (χ0v) is 17.4. The van der Waals surface area contributed by atoms with Crippen LogP contribution in [0, 0.1) is 13.8 Å². The maximum absolute atomic E-state index is 5.46. The first-order chi connectivity index (χ1) is 14.1. The normalized spacial score (nSPS) is 11.0. The van der Waals surface area contributed by atoms with Gasteiger partial charge in [0.2, 0.25) is 0 Å². The quantitative estimate of drug-likeness (QED) is 0.434. The van der Waals surface area contributed by atoms with Crippen molar-refractivity contribution in [2.75, 3.05) is 14.2 Å². The highest BCUT2D eigenvalue weighted by Crippen LogP contribution is 2.30. The molecular formula is C25H26N2O2. The van der Waals surface area contributed by atoms with E-state index in [1.807, 2.05) is 12.1 Å². The highest BCUT2D eigenvalue weighted by atomic mass is 16.5. The summed E-state index contributed by atoms with van der Waals surface area (Å²) in [4.78, 5) is 4.97. The predicted molar refractivity (Wildman–Crippen MR) is 118 cm³/mol. The number of para-hydroxylation sites is 2. The molecule has 4 nitrogen and oxygen atoms in total. The number of hydrogen-bond acceptors (Lipinski definition) is 3. The molecule has 0 spiro atoms. The number of fused-ring (bicyclic) bond motifs is 1. The average Bonchev–Trinajstić information content (AvgIpc) is 3.10. The first-order valence-electron chi connectivity index (χ1n) is 9.84. The Labute approximate surface area is 171 Å². The van der Waals surface area contributed by atoms with Crippen LogP contribution in [0.15, 0.2) is 60.7 Å². The van der Waals surface area contributed by atoms with Crippen LogP contribution in [0.4, 0.5) is 0 Å². The van der Waals surface area contributed by atoms with Gasteiger partial charge in [-0.3, -0.25) is 0 Å². The zero-order chi connectivity index (χ0) is 20.4. The molecular weight excluding hydrogens is 360 g/mol. The summed E-state index contributed by atoms with van der Waals surface area (Å²) in [5, 5.41) is 0. The number of benzene rings is 3. The summed E-state index contributed by atoms with van der Waals surface area (Å²) >= 11 is 0. The van der Waals surface area contributed by atoms with Crippen molar-refractivity contribution in [1.82, 2.24) is 9.55 Å². The molecule has 4 heteroatoms. The Balaban J connectivity index is 1.73. The summed E-state index contributed by atoms with van der Waals surface area (Å²) in [6.07, 6.45) is 0.874. The summed E-state index contributed by atoms with van der Waals surface area (Å²) in [5.74, 6) is 2.53. The second-order valence-corrected chi connectivity index (χ2v) is 7.33. The topological polar surface area (TPSA) is 36.3 Å². The van der Waals surface area contributed by atoms with Crippen molar-refractivity contribution >= 4 is 11.0 Å². The van der Waals surface area contributed by atoms with Crippen LogP contribution in [-0.2, 0) is 13.0 Å². The van der Waals surface area contributed by atoms with E-state index in [0.29, 0.717) is 0 Å². The maximum atomic E-state index is 5.46. The predicted octanol–water partition coefficient (Wildman–Crippen LogP) is 5.58. The third kappa shape index (κ3) is 3.70. The molecule has 0 aliphatic carbocycles. The van der Waals surface area contributed by atoms with Crippen LogP contribution in [-0.4, -0.2) is 23.8 Å². The van der Waals surface area contributed by atoms with E-state index in [1.165, 1.54) is 22.3 Å². The number of imidazole rings is 1. The highest BCUT2D eigenvalue weighted by molar-refractivity contribution is 5.81. The number of methoxy groups -OCH3 is 2. The second kappa shape index (κ2) is 8.00. The molecule has 1 aromatic heterocycles. The minimum atomic E-state index is 0.750. The smallest absolute Gasteiger partial charge is 0.160 e. The fourth-order valence-electron chi connectivity index (χ4n) is 3.85. The monoisotopic (exact) mass is 386 g/mol. The van der Waals surface area contributed by atoms with E-state index < -0.39 is 0 Å². The molecule has 0 atom stereocenters. The largest absolute Gasteiger partial charge is 0.493 e. The molecule has 0 aliphatic heterocycles. The van der Waals surface area contributed by atoms with E-state index in [4.69, 9.17) is 14.5 Å². The fraction of sp³-hybridized carbons (Fsp3) is 0.240. The molecule has 0 aliphatic rings. The number of nitrogens with zero attached hydrogens (tertiary/aromatic N) is 2. The van der Waals surface area contributed by atoms with Crippen LogP contribution in [0.5, 0.6) is 11.5 Å². The summed E-state index contributed by atoms with van der Waals surface area (Å²) in [5.41, 5.74) is 7.07. The van der Waals surface area contributed by atoms with Crippen molar-refractivity contribution in [3.8, 4) is 22.9 Å². The molecule has 4 rings (SSSR count). The van der Waals surface area contributed by atoms with Crippen molar-refractivity contribution in [3.05, 3.63) is 77.4 Å². The standard InChI is InChI=1S/C25H26N2O2/c1-17-9-11-20(18(2)15-17)25-26-21-7-5-6-8-22(21)27(25)14-13-19-10-12-23(28-3)24(16-19)29-4/h5-12,15-16H,13-14H2,1-4H3. The lowest BCUT2D eigenvalue weighted by Crippen LogP contribution is -2.05. The third-order valence-electron chi connectivity index (χ3n) is 5.35.